The fraction of sp³-hybridized carbons (Fsp3) is 0.368. The summed E-state index contributed by atoms with van der Waals surface area (Å²) in [6, 6.07) is 16.0. The highest BCUT2D eigenvalue weighted by Crippen LogP contribution is 2.19. The summed E-state index contributed by atoms with van der Waals surface area (Å²) in [5.74, 6) is 0. The van der Waals surface area contributed by atoms with Gasteiger partial charge in [0.2, 0.25) is 0 Å². The Kier molecular flexibility index (Phi) is 5.13. The van der Waals surface area contributed by atoms with Crippen molar-refractivity contribution in [2.24, 2.45) is 0 Å². The first-order valence-corrected chi connectivity index (χ1v) is 8.21. The quantitative estimate of drug-likeness (QED) is 0.861. The molecule has 0 unspecified atom stereocenters. The predicted octanol–water partition coefficient (Wildman–Crippen LogP) is 3.10. The van der Waals surface area contributed by atoms with Gasteiger partial charge in [0.25, 0.3) is 0 Å². The van der Waals surface area contributed by atoms with Gasteiger partial charge in [0.1, 0.15) is 6.67 Å². The van der Waals surface area contributed by atoms with Crippen LogP contribution in [0.3, 0.4) is 0 Å². The fourth-order valence-corrected chi connectivity index (χ4v) is 3.04. The van der Waals surface area contributed by atoms with Crippen LogP contribution in [0.2, 0.25) is 0 Å². The van der Waals surface area contributed by atoms with E-state index in [1.807, 2.05) is 30.3 Å². The highest BCUT2D eigenvalue weighted by atomic mass is 19.1. The largest absolute Gasteiger partial charge is 0.399 e. The number of anilines is 2. The van der Waals surface area contributed by atoms with E-state index in [9.17, 15) is 4.39 Å². The number of rotatable bonds is 5. The van der Waals surface area contributed by atoms with Crippen molar-refractivity contribution in [1.82, 2.24) is 4.90 Å². The summed E-state index contributed by atoms with van der Waals surface area (Å²) >= 11 is 0. The van der Waals surface area contributed by atoms with E-state index >= 15 is 0 Å². The van der Waals surface area contributed by atoms with Crippen molar-refractivity contribution in [1.29, 1.82) is 0 Å². The molecule has 1 heterocycles. The average molecular weight is 313 g/mol. The van der Waals surface area contributed by atoms with Crippen LogP contribution < -0.4 is 10.6 Å². The minimum atomic E-state index is -0.393. The summed E-state index contributed by atoms with van der Waals surface area (Å²) in [6.07, 6.45) is 1.05. The van der Waals surface area contributed by atoms with Crippen LogP contribution in [-0.4, -0.2) is 37.6 Å². The van der Waals surface area contributed by atoms with E-state index in [-0.39, 0.29) is 0 Å². The van der Waals surface area contributed by atoms with E-state index < -0.39 is 6.67 Å². The maximum Gasteiger partial charge on any atom is 0.115 e. The van der Waals surface area contributed by atoms with Gasteiger partial charge in [-0.2, -0.15) is 0 Å². The van der Waals surface area contributed by atoms with Gasteiger partial charge in [-0.3, -0.25) is 4.90 Å². The molecular formula is C19H24FN3. The van der Waals surface area contributed by atoms with Crippen LogP contribution in [0.4, 0.5) is 15.8 Å². The Labute approximate surface area is 137 Å². The molecule has 0 atom stereocenters. The second-order valence-corrected chi connectivity index (χ2v) is 6.12. The maximum absolute atomic E-state index is 12.8. The second-order valence-electron chi connectivity index (χ2n) is 6.12. The van der Waals surface area contributed by atoms with Crippen LogP contribution in [0.5, 0.6) is 0 Å². The summed E-state index contributed by atoms with van der Waals surface area (Å²) in [4.78, 5) is 4.84. The van der Waals surface area contributed by atoms with Crippen molar-refractivity contribution in [2.45, 2.75) is 13.1 Å². The first-order chi connectivity index (χ1) is 11.2. The highest BCUT2D eigenvalue weighted by Gasteiger charge is 2.17. The molecule has 23 heavy (non-hydrogen) atoms. The predicted molar refractivity (Wildman–Crippen MR) is 94.5 cm³/mol. The summed E-state index contributed by atoms with van der Waals surface area (Å²) in [5, 5.41) is 0. The minimum Gasteiger partial charge on any atom is -0.399 e. The Balaban J connectivity index is 1.49. The van der Waals surface area contributed by atoms with E-state index in [1.54, 1.807) is 0 Å². The molecule has 2 aromatic carbocycles. The minimum absolute atomic E-state index is 0.393. The molecule has 0 amide bonds. The van der Waals surface area contributed by atoms with Gasteiger partial charge in [0.05, 0.1) is 0 Å². The van der Waals surface area contributed by atoms with Crippen molar-refractivity contribution < 1.29 is 4.39 Å². The molecule has 4 heteroatoms. The zero-order chi connectivity index (χ0) is 16.1. The van der Waals surface area contributed by atoms with Crippen molar-refractivity contribution in [3.05, 3.63) is 59.7 Å². The van der Waals surface area contributed by atoms with E-state index in [1.165, 1.54) is 5.56 Å². The number of halogens is 1. The topological polar surface area (TPSA) is 32.5 Å². The number of nitrogen functional groups attached to an aromatic ring is 1. The zero-order valence-corrected chi connectivity index (χ0v) is 13.4. The summed E-state index contributed by atoms with van der Waals surface area (Å²) in [6.45, 7) is 4.77. The van der Waals surface area contributed by atoms with E-state index in [0.29, 0.717) is 0 Å². The van der Waals surface area contributed by atoms with Gasteiger partial charge < -0.3 is 10.6 Å². The van der Waals surface area contributed by atoms with Gasteiger partial charge in [0.15, 0.2) is 0 Å². The number of piperazine rings is 1. The average Bonchev–Trinajstić information content (AvgIpc) is 2.62. The van der Waals surface area contributed by atoms with Crippen molar-refractivity contribution in [3.63, 3.8) is 0 Å². The van der Waals surface area contributed by atoms with Gasteiger partial charge in [-0.25, -0.2) is 4.39 Å². The maximum atomic E-state index is 12.8. The Morgan fingerprint density at radius 2 is 1.65 bits per heavy atom. The molecule has 1 fully saturated rings. The molecule has 1 aliphatic heterocycles. The van der Waals surface area contributed by atoms with Crippen molar-refractivity contribution in [2.75, 3.05) is 43.4 Å². The van der Waals surface area contributed by atoms with Crippen LogP contribution in [0.25, 0.3) is 0 Å². The number of nitrogens with zero attached hydrogens (tertiary/aromatic N) is 2. The third-order valence-electron chi connectivity index (χ3n) is 4.50. The molecule has 1 saturated heterocycles. The second kappa shape index (κ2) is 7.47. The van der Waals surface area contributed by atoms with Gasteiger partial charge >= 0.3 is 0 Å². The van der Waals surface area contributed by atoms with Crippen LogP contribution in [0, 0.1) is 0 Å². The molecule has 2 N–H and O–H groups in total. The molecule has 3 rings (SSSR count). The monoisotopic (exact) mass is 313 g/mol. The van der Waals surface area contributed by atoms with Gasteiger partial charge in [-0.15, -0.1) is 0 Å². The molecular weight excluding hydrogens is 289 g/mol. The third kappa shape index (κ3) is 4.23. The standard InChI is InChI=1S/C19H24FN3/c20-15-17-2-1-3-19(14-17)23-12-10-22(11-13-23)9-8-16-4-6-18(21)7-5-16/h1-7,14H,8-13,15,21H2. The summed E-state index contributed by atoms with van der Waals surface area (Å²) < 4.78 is 12.8. The number of alkyl halides is 1. The first-order valence-electron chi connectivity index (χ1n) is 8.21. The lowest BCUT2D eigenvalue weighted by Crippen LogP contribution is -2.47. The molecule has 3 nitrogen and oxygen atoms in total. The lowest BCUT2D eigenvalue weighted by molar-refractivity contribution is 0.261. The summed E-state index contributed by atoms with van der Waals surface area (Å²) in [5.41, 5.74) is 9.76. The molecule has 0 aliphatic carbocycles. The van der Waals surface area contributed by atoms with Crippen molar-refractivity contribution >= 4 is 11.4 Å². The molecule has 0 saturated carbocycles. The lowest BCUT2D eigenvalue weighted by Gasteiger charge is -2.36. The van der Waals surface area contributed by atoms with Crippen LogP contribution >= 0.6 is 0 Å². The molecule has 0 spiro atoms. The highest BCUT2D eigenvalue weighted by molar-refractivity contribution is 5.49. The normalized spacial score (nSPS) is 15.8. The number of nitrogens with two attached hydrogens (primary N) is 1. The zero-order valence-electron chi connectivity index (χ0n) is 13.4. The molecule has 122 valence electrons. The van der Waals surface area contributed by atoms with E-state index in [4.69, 9.17) is 5.73 Å². The number of benzene rings is 2. The SMILES string of the molecule is Nc1ccc(CCN2CCN(c3cccc(CF)c3)CC2)cc1. The van der Waals surface area contributed by atoms with E-state index in [2.05, 4.69) is 28.0 Å². The molecule has 0 radical (unpaired) electrons. The molecule has 2 aromatic rings. The van der Waals surface area contributed by atoms with Gasteiger partial charge in [-0.1, -0.05) is 24.3 Å². The molecule has 1 aliphatic rings. The van der Waals surface area contributed by atoms with Crippen LogP contribution in [0.15, 0.2) is 48.5 Å². The van der Waals surface area contributed by atoms with Crippen LogP contribution in [-0.2, 0) is 13.1 Å². The Bertz CT molecular complexity index is 619. The lowest BCUT2D eigenvalue weighted by atomic mass is 10.1. The smallest absolute Gasteiger partial charge is 0.115 e. The Morgan fingerprint density at radius 1 is 0.913 bits per heavy atom. The van der Waals surface area contributed by atoms with Crippen molar-refractivity contribution in [3.8, 4) is 0 Å². The Morgan fingerprint density at radius 3 is 2.35 bits per heavy atom. The van der Waals surface area contributed by atoms with E-state index in [0.717, 1.165) is 56.1 Å². The number of hydrogen-bond donors (Lipinski definition) is 1. The molecule has 0 bridgehead atoms. The van der Waals surface area contributed by atoms with Gasteiger partial charge in [-0.05, 0) is 41.8 Å². The first kappa shape index (κ1) is 15.8. The number of hydrogen-bond acceptors (Lipinski definition) is 3. The Hall–Kier alpha value is -2.07. The third-order valence-corrected chi connectivity index (χ3v) is 4.50. The summed E-state index contributed by atoms with van der Waals surface area (Å²) in [7, 11) is 0. The van der Waals surface area contributed by atoms with Crippen LogP contribution in [0.1, 0.15) is 11.1 Å². The fourth-order valence-electron chi connectivity index (χ4n) is 3.04. The van der Waals surface area contributed by atoms with Gasteiger partial charge in [0, 0.05) is 44.1 Å². The molecule has 0 aromatic heterocycles.